The number of piperidine rings is 1. The van der Waals surface area contributed by atoms with Crippen molar-refractivity contribution in [1.29, 1.82) is 0 Å². The Bertz CT molecular complexity index is 452. The van der Waals surface area contributed by atoms with Crippen LogP contribution in [0.15, 0.2) is 24.3 Å². The zero-order valence-electron chi connectivity index (χ0n) is 11.3. The van der Waals surface area contributed by atoms with Gasteiger partial charge in [-0.15, -0.1) is 0 Å². The minimum Gasteiger partial charge on any atom is -0.389 e. The van der Waals surface area contributed by atoms with Crippen LogP contribution in [0.4, 0.5) is 5.69 Å². The third kappa shape index (κ3) is 2.62. The van der Waals surface area contributed by atoms with Crippen LogP contribution in [0.3, 0.4) is 0 Å². The van der Waals surface area contributed by atoms with Crippen LogP contribution in [0.1, 0.15) is 44.1 Å². The summed E-state index contributed by atoms with van der Waals surface area (Å²) >= 11 is 5.02. The fraction of sp³-hybridized carbons (Fsp3) is 0.562. The highest BCUT2D eigenvalue weighted by Crippen LogP contribution is 2.37. The Kier molecular flexibility index (Phi) is 3.74. The maximum absolute atomic E-state index is 5.67. The molecule has 3 rings (SSSR count). The first-order valence-electron chi connectivity index (χ1n) is 7.42. The number of thiocarbonyl (C=S) groups is 1. The molecule has 2 atom stereocenters. The Morgan fingerprint density at radius 1 is 1.05 bits per heavy atom. The van der Waals surface area contributed by atoms with Crippen LogP contribution in [0.25, 0.3) is 0 Å². The van der Waals surface area contributed by atoms with Crippen molar-refractivity contribution in [3.05, 3.63) is 29.8 Å². The van der Waals surface area contributed by atoms with Crippen LogP contribution >= 0.6 is 12.2 Å². The maximum Gasteiger partial charge on any atom is 0.103 e. The molecule has 1 aromatic rings. The van der Waals surface area contributed by atoms with E-state index in [0.29, 0.717) is 4.99 Å². The summed E-state index contributed by atoms with van der Waals surface area (Å²) in [6, 6.07) is 9.25. The third-order valence-electron chi connectivity index (χ3n) is 4.73. The molecular weight excluding hydrogens is 252 g/mol. The van der Waals surface area contributed by atoms with Gasteiger partial charge in [0.15, 0.2) is 0 Å². The molecule has 102 valence electrons. The first kappa shape index (κ1) is 12.9. The van der Waals surface area contributed by atoms with E-state index in [0.717, 1.165) is 17.5 Å². The average molecular weight is 274 g/mol. The van der Waals surface area contributed by atoms with Crippen LogP contribution < -0.4 is 10.6 Å². The molecule has 0 radical (unpaired) electrons. The lowest BCUT2D eigenvalue weighted by Gasteiger charge is -2.45. The van der Waals surface area contributed by atoms with Crippen molar-refractivity contribution in [1.82, 2.24) is 0 Å². The number of anilines is 1. The SMILES string of the molecule is NC(=S)c1ccc(N2CCCC3CCCCC32)cc1. The molecule has 0 amide bonds. The number of hydrogen-bond acceptors (Lipinski definition) is 2. The van der Waals surface area contributed by atoms with E-state index >= 15 is 0 Å². The second-order valence-corrected chi connectivity index (χ2v) is 6.30. The monoisotopic (exact) mass is 274 g/mol. The van der Waals surface area contributed by atoms with Gasteiger partial charge in [-0.05, 0) is 55.9 Å². The highest BCUT2D eigenvalue weighted by molar-refractivity contribution is 7.80. The van der Waals surface area contributed by atoms with Gasteiger partial charge in [0.1, 0.15) is 4.99 Å². The van der Waals surface area contributed by atoms with Gasteiger partial charge in [0, 0.05) is 23.8 Å². The minimum absolute atomic E-state index is 0.487. The lowest BCUT2D eigenvalue weighted by molar-refractivity contribution is 0.244. The Labute approximate surface area is 121 Å². The summed E-state index contributed by atoms with van der Waals surface area (Å²) in [5.41, 5.74) is 7.98. The van der Waals surface area contributed by atoms with Crippen LogP contribution in [-0.4, -0.2) is 17.6 Å². The zero-order chi connectivity index (χ0) is 13.2. The Morgan fingerprint density at radius 2 is 1.74 bits per heavy atom. The molecule has 1 aliphatic carbocycles. The molecule has 3 heteroatoms. The molecule has 1 aromatic carbocycles. The number of fused-ring (bicyclic) bond motifs is 1. The van der Waals surface area contributed by atoms with E-state index < -0.39 is 0 Å². The number of rotatable bonds is 2. The second kappa shape index (κ2) is 5.49. The largest absolute Gasteiger partial charge is 0.389 e. The van der Waals surface area contributed by atoms with Crippen LogP contribution in [0, 0.1) is 5.92 Å². The first-order chi connectivity index (χ1) is 9.25. The van der Waals surface area contributed by atoms with Crippen molar-refractivity contribution >= 4 is 22.9 Å². The van der Waals surface area contributed by atoms with Crippen molar-refractivity contribution < 1.29 is 0 Å². The van der Waals surface area contributed by atoms with E-state index in [1.54, 1.807) is 0 Å². The Balaban J connectivity index is 1.81. The molecule has 1 aliphatic heterocycles. The number of benzene rings is 1. The number of hydrogen-bond donors (Lipinski definition) is 1. The molecule has 2 fully saturated rings. The Hall–Kier alpha value is -1.09. The summed E-state index contributed by atoms with van der Waals surface area (Å²) in [7, 11) is 0. The van der Waals surface area contributed by atoms with Gasteiger partial charge in [-0.3, -0.25) is 0 Å². The molecule has 19 heavy (non-hydrogen) atoms. The third-order valence-corrected chi connectivity index (χ3v) is 4.96. The lowest BCUT2D eigenvalue weighted by atomic mass is 9.78. The molecule has 1 saturated carbocycles. The molecule has 2 N–H and O–H groups in total. The molecule has 2 aliphatic rings. The van der Waals surface area contributed by atoms with Crippen molar-refractivity contribution in [2.24, 2.45) is 11.7 Å². The summed E-state index contributed by atoms with van der Waals surface area (Å²) in [5.74, 6) is 0.915. The van der Waals surface area contributed by atoms with Gasteiger partial charge in [0.2, 0.25) is 0 Å². The standard InChI is InChI=1S/C16H22N2S/c17-16(19)13-7-9-14(10-8-13)18-11-3-5-12-4-1-2-6-15(12)18/h7-10,12,15H,1-6,11H2,(H2,17,19). The minimum atomic E-state index is 0.487. The molecule has 1 saturated heterocycles. The fourth-order valence-corrected chi connectivity index (χ4v) is 3.90. The van der Waals surface area contributed by atoms with Crippen molar-refractivity contribution in [2.45, 2.75) is 44.6 Å². The maximum atomic E-state index is 5.67. The highest BCUT2D eigenvalue weighted by atomic mass is 32.1. The lowest BCUT2D eigenvalue weighted by Crippen LogP contribution is -2.46. The van der Waals surface area contributed by atoms with E-state index in [2.05, 4.69) is 29.2 Å². The summed E-state index contributed by atoms with van der Waals surface area (Å²) in [6.07, 6.45) is 8.36. The van der Waals surface area contributed by atoms with Crippen LogP contribution in [0.2, 0.25) is 0 Å². The van der Waals surface area contributed by atoms with Crippen molar-refractivity contribution in [3.8, 4) is 0 Å². The molecule has 0 spiro atoms. The summed E-state index contributed by atoms with van der Waals surface area (Å²) in [4.78, 5) is 3.11. The van der Waals surface area contributed by atoms with Crippen LogP contribution in [-0.2, 0) is 0 Å². The molecule has 2 nitrogen and oxygen atoms in total. The van der Waals surface area contributed by atoms with E-state index in [1.807, 2.05) is 0 Å². The van der Waals surface area contributed by atoms with Gasteiger partial charge < -0.3 is 10.6 Å². The molecule has 1 heterocycles. The van der Waals surface area contributed by atoms with Gasteiger partial charge >= 0.3 is 0 Å². The summed E-state index contributed by atoms with van der Waals surface area (Å²) in [6.45, 7) is 1.20. The predicted molar refractivity (Wildman–Crippen MR) is 84.7 cm³/mol. The number of nitrogens with zero attached hydrogens (tertiary/aromatic N) is 1. The predicted octanol–water partition coefficient (Wildman–Crippen LogP) is 3.48. The zero-order valence-corrected chi connectivity index (χ0v) is 12.2. The van der Waals surface area contributed by atoms with Gasteiger partial charge in [0.25, 0.3) is 0 Å². The smallest absolute Gasteiger partial charge is 0.103 e. The van der Waals surface area contributed by atoms with E-state index in [9.17, 15) is 0 Å². The molecular formula is C16H22N2S. The topological polar surface area (TPSA) is 29.3 Å². The van der Waals surface area contributed by atoms with Gasteiger partial charge in [-0.1, -0.05) is 25.1 Å². The van der Waals surface area contributed by atoms with Gasteiger partial charge in [0.05, 0.1) is 0 Å². The van der Waals surface area contributed by atoms with Crippen molar-refractivity contribution in [3.63, 3.8) is 0 Å². The van der Waals surface area contributed by atoms with E-state index in [-0.39, 0.29) is 0 Å². The molecule has 0 bridgehead atoms. The Morgan fingerprint density at radius 3 is 2.47 bits per heavy atom. The summed E-state index contributed by atoms with van der Waals surface area (Å²) in [5, 5.41) is 0. The van der Waals surface area contributed by atoms with E-state index in [1.165, 1.54) is 50.8 Å². The van der Waals surface area contributed by atoms with Gasteiger partial charge in [-0.25, -0.2) is 0 Å². The molecule has 2 unspecified atom stereocenters. The normalized spacial score (nSPS) is 26.8. The van der Waals surface area contributed by atoms with Crippen molar-refractivity contribution in [2.75, 3.05) is 11.4 Å². The average Bonchev–Trinajstić information content (AvgIpc) is 2.47. The van der Waals surface area contributed by atoms with Crippen LogP contribution in [0.5, 0.6) is 0 Å². The number of nitrogens with two attached hydrogens (primary N) is 1. The molecule has 0 aromatic heterocycles. The first-order valence-corrected chi connectivity index (χ1v) is 7.83. The highest BCUT2D eigenvalue weighted by Gasteiger charge is 2.33. The second-order valence-electron chi connectivity index (χ2n) is 5.86. The fourth-order valence-electron chi connectivity index (χ4n) is 3.76. The summed E-state index contributed by atoms with van der Waals surface area (Å²) < 4.78 is 0. The van der Waals surface area contributed by atoms with E-state index in [4.69, 9.17) is 18.0 Å². The van der Waals surface area contributed by atoms with Gasteiger partial charge in [-0.2, -0.15) is 0 Å². The quantitative estimate of drug-likeness (QED) is 0.837.